The summed E-state index contributed by atoms with van der Waals surface area (Å²) in [6, 6.07) is 7.94. The van der Waals surface area contributed by atoms with Crippen LogP contribution in [0.5, 0.6) is 5.75 Å². The first-order valence-electron chi connectivity index (χ1n) is 9.99. The molecule has 0 amide bonds. The largest absolute Gasteiger partial charge is 0.497 e. The van der Waals surface area contributed by atoms with Crippen molar-refractivity contribution in [3.05, 3.63) is 36.7 Å². The Morgan fingerprint density at radius 2 is 1.93 bits per heavy atom. The molecule has 4 fully saturated rings. The molecule has 0 atom stereocenters. The van der Waals surface area contributed by atoms with Gasteiger partial charge in [0.1, 0.15) is 11.5 Å². The van der Waals surface area contributed by atoms with E-state index in [0.29, 0.717) is 11.5 Å². The van der Waals surface area contributed by atoms with Gasteiger partial charge in [-0.25, -0.2) is 4.98 Å². The molecule has 0 spiro atoms. The third-order valence-corrected chi connectivity index (χ3v) is 7.87. The van der Waals surface area contributed by atoms with E-state index in [4.69, 9.17) is 4.74 Å². The second kappa shape index (κ2) is 6.69. The average molecular weight is 383 g/mol. The van der Waals surface area contributed by atoms with Gasteiger partial charge in [0.15, 0.2) is 5.16 Å². The number of aromatic nitrogens is 2. The summed E-state index contributed by atoms with van der Waals surface area (Å²) in [5.41, 5.74) is 0.992. The van der Waals surface area contributed by atoms with Crippen molar-refractivity contribution in [1.29, 1.82) is 0 Å². The molecule has 5 heteroatoms. The molecule has 4 bridgehead atoms. The number of rotatable bonds is 6. The van der Waals surface area contributed by atoms with Gasteiger partial charge in [0, 0.05) is 23.9 Å². The molecule has 1 aromatic heterocycles. The lowest BCUT2D eigenvalue weighted by molar-refractivity contribution is -0.141. The van der Waals surface area contributed by atoms with E-state index in [1.807, 2.05) is 35.0 Å². The number of Topliss-reactive ketones (excluding diaryl/α,β-unsaturated/α-hetero) is 1. The van der Waals surface area contributed by atoms with Crippen LogP contribution in [0.25, 0.3) is 5.69 Å². The summed E-state index contributed by atoms with van der Waals surface area (Å²) >= 11 is 1.58. The Morgan fingerprint density at radius 3 is 2.59 bits per heavy atom. The minimum Gasteiger partial charge on any atom is -0.497 e. The van der Waals surface area contributed by atoms with Crippen molar-refractivity contribution < 1.29 is 9.53 Å². The van der Waals surface area contributed by atoms with Crippen LogP contribution in [-0.2, 0) is 4.79 Å². The summed E-state index contributed by atoms with van der Waals surface area (Å²) in [5.74, 6) is 4.25. The molecular weight excluding hydrogens is 356 g/mol. The highest BCUT2D eigenvalue weighted by Crippen LogP contribution is 2.60. The van der Waals surface area contributed by atoms with Crippen LogP contribution in [0, 0.1) is 23.2 Å². The molecule has 4 saturated carbocycles. The molecule has 0 unspecified atom stereocenters. The van der Waals surface area contributed by atoms with Gasteiger partial charge < -0.3 is 4.74 Å². The van der Waals surface area contributed by atoms with E-state index in [1.165, 1.54) is 19.3 Å². The molecule has 4 nitrogen and oxygen atoms in total. The minimum absolute atomic E-state index is 0.0187. The molecule has 142 valence electrons. The number of carbonyl (C=O) groups is 1. The van der Waals surface area contributed by atoms with Crippen molar-refractivity contribution in [2.75, 3.05) is 12.9 Å². The number of hydrogen-bond donors (Lipinski definition) is 0. The van der Waals surface area contributed by atoms with Crippen molar-refractivity contribution >= 4 is 17.5 Å². The van der Waals surface area contributed by atoms with E-state index in [9.17, 15) is 4.79 Å². The van der Waals surface area contributed by atoms with Crippen LogP contribution >= 0.6 is 11.8 Å². The highest BCUT2D eigenvalue weighted by atomic mass is 32.2. The Kier molecular flexibility index (Phi) is 4.30. The van der Waals surface area contributed by atoms with Gasteiger partial charge in [-0.05, 0) is 68.4 Å². The number of hydrogen-bond acceptors (Lipinski definition) is 4. The molecule has 27 heavy (non-hydrogen) atoms. The van der Waals surface area contributed by atoms with E-state index in [2.05, 4.69) is 4.98 Å². The maximum atomic E-state index is 13.3. The summed E-state index contributed by atoms with van der Waals surface area (Å²) in [4.78, 5) is 17.8. The first-order chi connectivity index (χ1) is 13.1. The number of imidazole rings is 1. The van der Waals surface area contributed by atoms with Crippen molar-refractivity contribution in [3.8, 4) is 11.4 Å². The molecule has 4 aliphatic carbocycles. The Labute approximate surface area is 164 Å². The third-order valence-electron chi connectivity index (χ3n) is 6.90. The van der Waals surface area contributed by atoms with Gasteiger partial charge in [-0.3, -0.25) is 9.36 Å². The lowest BCUT2D eigenvalue weighted by Crippen LogP contribution is -2.50. The zero-order valence-corrected chi connectivity index (χ0v) is 16.6. The second-order valence-electron chi connectivity index (χ2n) is 8.69. The summed E-state index contributed by atoms with van der Waals surface area (Å²) < 4.78 is 7.38. The Hall–Kier alpha value is -1.75. The summed E-state index contributed by atoms with van der Waals surface area (Å²) in [6.45, 7) is 0. The quantitative estimate of drug-likeness (QED) is 0.676. The first kappa shape index (κ1) is 17.4. The number of carbonyl (C=O) groups excluding carboxylic acids is 1. The number of nitrogens with zero attached hydrogens (tertiary/aromatic N) is 2. The van der Waals surface area contributed by atoms with Crippen LogP contribution in [-0.4, -0.2) is 28.2 Å². The van der Waals surface area contributed by atoms with Crippen LogP contribution in [0.15, 0.2) is 41.8 Å². The van der Waals surface area contributed by atoms with E-state index in [1.54, 1.807) is 25.1 Å². The number of methoxy groups -OCH3 is 1. The molecule has 1 heterocycles. The summed E-state index contributed by atoms with van der Waals surface area (Å²) in [7, 11) is 1.67. The molecule has 0 aliphatic heterocycles. The average Bonchev–Trinajstić information content (AvgIpc) is 3.13. The van der Waals surface area contributed by atoms with Crippen molar-refractivity contribution in [3.63, 3.8) is 0 Å². The van der Waals surface area contributed by atoms with Crippen molar-refractivity contribution in [2.24, 2.45) is 23.2 Å². The predicted octanol–water partition coefficient (Wildman–Crippen LogP) is 4.76. The molecule has 0 N–H and O–H groups in total. The molecule has 4 aliphatic rings. The fourth-order valence-corrected chi connectivity index (χ4v) is 7.10. The topological polar surface area (TPSA) is 44.1 Å². The molecule has 2 aromatic rings. The van der Waals surface area contributed by atoms with Gasteiger partial charge in [0.2, 0.25) is 0 Å². The Bertz CT molecular complexity index is 824. The van der Waals surface area contributed by atoms with Crippen LogP contribution < -0.4 is 4.74 Å². The second-order valence-corrected chi connectivity index (χ2v) is 9.63. The fraction of sp³-hybridized carbons (Fsp3) is 0.545. The molecular formula is C22H26N2O2S. The summed E-state index contributed by atoms with van der Waals surface area (Å²) in [5, 5.41) is 0.876. The van der Waals surface area contributed by atoms with E-state index < -0.39 is 0 Å². The molecule has 0 radical (unpaired) electrons. The highest BCUT2D eigenvalue weighted by Gasteiger charge is 2.54. The van der Waals surface area contributed by atoms with Gasteiger partial charge >= 0.3 is 0 Å². The highest BCUT2D eigenvalue weighted by molar-refractivity contribution is 7.99. The van der Waals surface area contributed by atoms with E-state index in [0.717, 1.165) is 53.6 Å². The van der Waals surface area contributed by atoms with Gasteiger partial charge in [-0.2, -0.15) is 0 Å². The Balaban J connectivity index is 1.31. The van der Waals surface area contributed by atoms with Crippen molar-refractivity contribution in [1.82, 2.24) is 9.55 Å². The van der Waals surface area contributed by atoms with E-state index >= 15 is 0 Å². The first-order valence-corrected chi connectivity index (χ1v) is 11.0. The maximum Gasteiger partial charge on any atom is 0.173 e. The van der Waals surface area contributed by atoms with Crippen LogP contribution in [0.1, 0.15) is 38.5 Å². The van der Waals surface area contributed by atoms with Crippen molar-refractivity contribution in [2.45, 2.75) is 43.7 Å². The minimum atomic E-state index is -0.0187. The monoisotopic (exact) mass is 382 g/mol. The zero-order chi connectivity index (χ0) is 18.4. The SMILES string of the molecule is COc1cccc(-n2ccnc2SCC(=O)C23CC4CC(CC(C4)C2)C3)c1. The third kappa shape index (κ3) is 3.10. The number of ether oxygens (including phenoxy) is 1. The maximum absolute atomic E-state index is 13.3. The molecule has 1 aromatic carbocycles. The van der Waals surface area contributed by atoms with Crippen LogP contribution in [0.3, 0.4) is 0 Å². The zero-order valence-electron chi connectivity index (χ0n) is 15.8. The normalized spacial score (nSPS) is 31.2. The summed E-state index contributed by atoms with van der Waals surface area (Å²) in [6.07, 6.45) is 11.3. The number of thioether (sulfide) groups is 1. The molecule has 0 saturated heterocycles. The van der Waals surface area contributed by atoms with Gasteiger partial charge in [0.25, 0.3) is 0 Å². The number of benzene rings is 1. The molecule has 6 rings (SSSR count). The lowest BCUT2D eigenvalue weighted by atomic mass is 9.48. The van der Waals surface area contributed by atoms with Gasteiger partial charge in [-0.15, -0.1) is 0 Å². The fourth-order valence-electron chi connectivity index (χ4n) is 6.09. The number of ketones is 1. The smallest absolute Gasteiger partial charge is 0.173 e. The van der Waals surface area contributed by atoms with Gasteiger partial charge in [-0.1, -0.05) is 17.8 Å². The lowest BCUT2D eigenvalue weighted by Gasteiger charge is -2.56. The van der Waals surface area contributed by atoms with E-state index in [-0.39, 0.29) is 5.41 Å². The van der Waals surface area contributed by atoms with Crippen LogP contribution in [0.2, 0.25) is 0 Å². The van der Waals surface area contributed by atoms with Crippen LogP contribution in [0.4, 0.5) is 0 Å². The van der Waals surface area contributed by atoms with Gasteiger partial charge in [0.05, 0.1) is 18.6 Å². The predicted molar refractivity (Wildman–Crippen MR) is 106 cm³/mol. The Morgan fingerprint density at radius 1 is 1.22 bits per heavy atom. The standard InChI is InChI=1S/C22H26N2O2S/c1-26-19-4-2-3-18(10-19)24-6-5-23-21(24)27-14-20(25)22-11-15-7-16(12-22)9-17(8-15)13-22/h2-6,10,15-17H,7-9,11-14H2,1H3.